The number of H-pyrrole nitrogens is 1. The Bertz CT molecular complexity index is 714. The number of hydrogen-bond donors (Lipinski definition) is 2. The number of methoxy groups -OCH3 is 1. The van der Waals surface area contributed by atoms with Gasteiger partial charge < -0.3 is 15.0 Å². The number of nitrogens with one attached hydrogen (secondary N) is 2. The van der Waals surface area contributed by atoms with E-state index in [4.69, 9.17) is 4.74 Å². The maximum atomic E-state index is 12.1. The van der Waals surface area contributed by atoms with Crippen LogP contribution in [0.15, 0.2) is 48.7 Å². The normalized spacial score (nSPS) is 10.4. The van der Waals surface area contributed by atoms with Crippen molar-refractivity contribution < 1.29 is 9.53 Å². The number of nitrogens with zero attached hydrogens (tertiary/aromatic N) is 1. The molecular formula is C15H13N3O2. The lowest BCUT2D eigenvalue weighted by atomic mass is 10.3. The van der Waals surface area contributed by atoms with Gasteiger partial charge in [0.15, 0.2) is 0 Å². The third-order valence-electron chi connectivity index (χ3n) is 2.98. The Morgan fingerprint density at radius 3 is 2.75 bits per heavy atom. The first kappa shape index (κ1) is 12.2. The maximum Gasteiger partial charge on any atom is 0.272 e. The highest BCUT2D eigenvalue weighted by molar-refractivity contribution is 6.05. The number of fused-ring (bicyclic) bond motifs is 1. The number of rotatable bonds is 3. The molecule has 2 heterocycles. The fourth-order valence-electron chi connectivity index (χ4n) is 1.95. The predicted octanol–water partition coefficient (Wildman–Crippen LogP) is 2.82. The van der Waals surface area contributed by atoms with E-state index in [1.807, 2.05) is 12.1 Å². The van der Waals surface area contributed by atoms with Crippen molar-refractivity contribution in [3.05, 3.63) is 54.4 Å². The third-order valence-corrected chi connectivity index (χ3v) is 2.98. The van der Waals surface area contributed by atoms with Gasteiger partial charge in [0.05, 0.1) is 18.1 Å². The maximum absolute atomic E-state index is 12.1. The lowest BCUT2D eigenvalue weighted by Gasteiger charge is -2.04. The van der Waals surface area contributed by atoms with Crippen molar-refractivity contribution >= 4 is 22.6 Å². The zero-order valence-corrected chi connectivity index (χ0v) is 10.9. The summed E-state index contributed by atoms with van der Waals surface area (Å²) in [6, 6.07) is 12.6. The van der Waals surface area contributed by atoms with Gasteiger partial charge >= 0.3 is 0 Å². The number of ether oxygens (including phenoxy) is 1. The molecule has 1 amide bonds. The molecule has 0 aliphatic heterocycles. The summed E-state index contributed by atoms with van der Waals surface area (Å²) in [7, 11) is 1.60. The molecule has 0 fully saturated rings. The lowest BCUT2D eigenvalue weighted by Crippen LogP contribution is -2.12. The minimum atomic E-state index is -0.201. The minimum absolute atomic E-state index is 0.201. The van der Waals surface area contributed by atoms with Crippen molar-refractivity contribution in [2.75, 3.05) is 12.4 Å². The Hall–Kier alpha value is -2.82. The molecule has 0 radical (unpaired) electrons. The molecule has 1 aromatic carbocycles. The van der Waals surface area contributed by atoms with Gasteiger partial charge in [-0.25, -0.2) is 0 Å². The summed E-state index contributed by atoms with van der Waals surface area (Å²) in [6.07, 6.45) is 1.70. The fraction of sp³-hybridized carbons (Fsp3) is 0.0667. The van der Waals surface area contributed by atoms with E-state index in [9.17, 15) is 4.79 Å². The number of pyridine rings is 1. The van der Waals surface area contributed by atoms with E-state index >= 15 is 0 Å². The molecule has 2 aromatic heterocycles. The molecule has 0 spiro atoms. The highest BCUT2D eigenvalue weighted by Gasteiger charge is 2.10. The molecule has 2 N–H and O–H groups in total. The Labute approximate surface area is 115 Å². The van der Waals surface area contributed by atoms with Crippen LogP contribution in [0, 0.1) is 0 Å². The summed E-state index contributed by atoms with van der Waals surface area (Å²) in [4.78, 5) is 19.4. The molecule has 5 nitrogen and oxygen atoms in total. The first-order chi connectivity index (χ1) is 9.76. The van der Waals surface area contributed by atoms with E-state index in [0.29, 0.717) is 11.4 Å². The van der Waals surface area contributed by atoms with Crippen LogP contribution in [0.2, 0.25) is 0 Å². The standard InChI is InChI=1S/C15H13N3O2/c1-20-11-6-4-10(5-7-11)17-15(19)14-9-13-12(18-14)3-2-8-16-13/h2-9,18H,1H3,(H,17,19). The Morgan fingerprint density at radius 2 is 2.05 bits per heavy atom. The van der Waals surface area contributed by atoms with Crippen LogP contribution >= 0.6 is 0 Å². The largest absolute Gasteiger partial charge is 0.497 e. The summed E-state index contributed by atoms with van der Waals surface area (Å²) >= 11 is 0. The van der Waals surface area contributed by atoms with Crippen molar-refractivity contribution in [3.8, 4) is 5.75 Å². The number of carbonyl (C=O) groups excluding carboxylic acids is 1. The number of benzene rings is 1. The van der Waals surface area contributed by atoms with Gasteiger partial charge in [0.1, 0.15) is 11.4 Å². The van der Waals surface area contributed by atoms with Crippen LogP contribution in [0.1, 0.15) is 10.5 Å². The zero-order chi connectivity index (χ0) is 13.9. The lowest BCUT2D eigenvalue weighted by molar-refractivity contribution is 0.102. The fourth-order valence-corrected chi connectivity index (χ4v) is 1.95. The van der Waals surface area contributed by atoms with Gasteiger partial charge in [-0.05, 0) is 42.5 Å². The van der Waals surface area contributed by atoms with Gasteiger partial charge in [-0.2, -0.15) is 0 Å². The van der Waals surface area contributed by atoms with Crippen molar-refractivity contribution in [1.82, 2.24) is 9.97 Å². The second-order valence-corrected chi connectivity index (χ2v) is 4.30. The number of anilines is 1. The van der Waals surface area contributed by atoms with Gasteiger partial charge in [-0.1, -0.05) is 0 Å². The Balaban J connectivity index is 1.81. The number of hydrogen-bond acceptors (Lipinski definition) is 3. The van der Waals surface area contributed by atoms with Gasteiger partial charge in [-0.15, -0.1) is 0 Å². The number of aromatic amines is 1. The molecule has 100 valence electrons. The summed E-state index contributed by atoms with van der Waals surface area (Å²) in [5.74, 6) is 0.547. The molecule has 0 saturated heterocycles. The molecule has 0 saturated carbocycles. The summed E-state index contributed by atoms with van der Waals surface area (Å²) in [5, 5.41) is 2.82. The van der Waals surface area contributed by atoms with E-state index in [-0.39, 0.29) is 5.91 Å². The molecule has 3 rings (SSSR count). The van der Waals surface area contributed by atoms with E-state index in [1.54, 1.807) is 43.6 Å². The second-order valence-electron chi connectivity index (χ2n) is 4.30. The van der Waals surface area contributed by atoms with Crippen LogP contribution < -0.4 is 10.1 Å². The highest BCUT2D eigenvalue weighted by atomic mass is 16.5. The minimum Gasteiger partial charge on any atom is -0.497 e. The van der Waals surface area contributed by atoms with Crippen LogP contribution in [0.4, 0.5) is 5.69 Å². The van der Waals surface area contributed by atoms with Crippen molar-refractivity contribution in [3.63, 3.8) is 0 Å². The van der Waals surface area contributed by atoms with Gasteiger partial charge in [0, 0.05) is 11.9 Å². The van der Waals surface area contributed by atoms with Crippen LogP contribution in [0.5, 0.6) is 5.75 Å². The van der Waals surface area contributed by atoms with Crippen molar-refractivity contribution in [2.45, 2.75) is 0 Å². The van der Waals surface area contributed by atoms with E-state index in [0.717, 1.165) is 16.8 Å². The SMILES string of the molecule is COc1ccc(NC(=O)c2cc3ncccc3[nH]2)cc1. The van der Waals surface area contributed by atoms with Crippen LogP contribution in [0.25, 0.3) is 11.0 Å². The molecule has 0 atom stereocenters. The van der Waals surface area contributed by atoms with E-state index in [1.165, 1.54) is 0 Å². The molecule has 0 bridgehead atoms. The number of aromatic nitrogens is 2. The molecule has 3 aromatic rings. The first-order valence-corrected chi connectivity index (χ1v) is 6.15. The molecule has 0 aliphatic carbocycles. The molecule has 0 unspecified atom stereocenters. The van der Waals surface area contributed by atoms with Gasteiger partial charge in [-0.3, -0.25) is 9.78 Å². The monoisotopic (exact) mass is 267 g/mol. The summed E-state index contributed by atoms with van der Waals surface area (Å²) < 4.78 is 5.07. The number of carbonyl (C=O) groups is 1. The average Bonchev–Trinajstić information content (AvgIpc) is 2.92. The Kier molecular flexibility index (Phi) is 3.09. The molecule has 20 heavy (non-hydrogen) atoms. The van der Waals surface area contributed by atoms with Crippen LogP contribution in [-0.2, 0) is 0 Å². The topological polar surface area (TPSA) is 67.0 Å². The van der Waals surface area contributed by atoms with E-state index in [2.05, 4.69) is 15.3 Å². The number of amides is 1. The molecule has 5 heteroatoms. The van der Waals surface area contributed by atoms with Crippen molar-refractivity contribution in [2.24, 2.45) is 0 Å². The zero-order valence-electron chi connectivity index (χ0n) is 10.9. The quantitative estimate of drug-likeness (QED) is 0.766. The molecule has 0 aliphatic rings. The van der Waals surface area contributed by atoms with Crippen LogP contribution in [0.3, 0.4) is 0 Å². The van der Waals surface area contributed by atoms with Gasteiger partial charge in [0.2, 0.25) is 0 Å². The summed E-state index contributed by atoms with van der Waals surface area (Å²) in [6.45, 7) is 0. The predicted molar refractivity (Wildman–Crippen MR) is 77.0 cm³/mol. The average molecular weight is 267 g/mol. The summed E-state index contributed by atoms with van der Waals surface area (Å²) in [5.41, 5.74) is 2.80. The Morgan fingerprint density at radius 1 is 1.25 bits per heavy atom. The smallest absolute Gasteiger partial charge is 0.272 e. The first-order valence-electron chi connectivity index (χ1n) is 6.15. The van der Waals surface area contributed by atoms with Gasteiger partial charge in [0.25, 0.3) is 5.91 Å². The van der Waals surface area contributed by atoms with Crippen LogP contribution in [-0.4, -0.2) is 23.0 Å². The second kappa shape index (κ2) is 5.05. The third kappa shape index (κ3) is 2.33. The molecular weight excluding hydrogens is 254 g/mol. The van der Waals surface area contributed by atoms with E-state index < -0.39 is 0 Å². The highest BCUT2D eigenvalue weighted by Crippen LogP contribution is 2.17. The van der Waals surface area contributed by atoms with Crippen molar-refractivity contribution in [1.29, 1.82) is 0 Å².